The van der Waals surface area contributed by atoms with Gasteiger partial charge in [0.05, 0.1) is 5.97 Å². The van der Waals surface area contributed by atoms with E-state index in [1.165, 1.54) is 17.7 Å². The van der Waals surface area contributed by atoms with Crippen LogP contribution in [0.2, 0.25) is 0 Å². The van der Waals surface area contributed by atoms with Crippen LogP contribution in [0.5, 0.6) is 5.75 Å². The van der Waals surface area contributed by atoms with E-state index in [2.05, 4.69) is 13.8 Å². The molecule has 0 aliphatic rings. The Bertz CT molecular complexity index is 1130. The maximum absolute atomic E-state index is 13.5. The molecule has 0 fully saturated rings. The van der Waals surface area contributed by atoms with Crippen molar-refractivity contribution >= 4 is 11.5 Å². The van der Waals surface area contributed by atoms with Crippen molar-refractivity contribution in [2.75, 3.05) is 0 Å². The van der Waals surface area contributed by atoms with Crippen LogP contribution in [-0.2, 0) is 11.4 Å². The zero-order valence-electron chi connectivity index (χ0n) is 19.6. The first-order valence-electron chi connectivity index (χ1n) is 10.7. The molecule has 1 unspecified atom stereocenters. The number of carboxylic acids is 1. The van der Waals surface area contributed by atoms with Crippen LogP contribution in [0.3, 0.4) is 0 Å². The first-order chi connectivity index (χ1) is 15.7. The van der Waals surface area contributed by atoms with E-state index < -0.39 is 23.6 Å². The third-order valence-corrected chi connectivity index (χ3v) is 5.26. The van der Waals surface area contributed by atoms with Gasteiger partial charge in [-0.15, -0.1) is 0 Å². The van der Waals surface area contributed by atoms with Crippen LogP contribution in [0.4, 0.5) is 8.78 Å². The van der Waals surface area contributed by atoms with E-state index in [-0.39, 0.29) is 42.6 Å². The van der Waals surface area contributed by atoms with Crippen molar-refractivity contribution in [2.45, 2.75) is 38.8 Å². The minimum absolute atomic E-state index is 0. The number of benzene rings is 3. The molecule has 0 spiro atoms. The van der Waals surface area contributed by atoms with Gasteiger partial charge in [0.2, 0.25) is 0 Å². The van der Waals surface area contributed by atoms with Crippen molar-refractivity contribution in [1.29, 1.82) is 0 Å². The van der Waals surface area contributed by atoms with E-state index in [0.717, 1.165) is 17.2 Å². The molecule has 0 saturated heterocycles. The van der Waals surface area contributed by atoms with Gasteiger partial charge in [-0.2, -0.15) is 0 Å². The zero-order chi connectivity index (χ0) is 24.0. The van der Waals surface area contributed by atoms with Gasteiger partial charge in [-0.3, -0.25) is 0 Å². The predicted octanol–water partition coefficient (Wildman–Crippen LogP) is 1.57. The molecule has 4 nitrogen and oxygen atoms in total. The van der Waals surface area contributed by atoms with Crippen LogP contribution in [0, 0.1) is 11.6 Å². The minimum atomic E-state index is -1.33. The monoisotopic (exact) mass is 473 g/mol. The van der Waals surface area contributed by atoms with Gasteiger partial charge in [-0.1, -0.05) is 62.4 Å². The SMILES string of the molecule is CC(C)c1ccc(/C(=C\CC(N)C(=O)[O-])c2ccccc2OCc2cc(F)cc(F)c2)cc1.[Na+]. The number of hydrogen-bond donors (Lipinski definition) is 1. The fourth-order valence-electron chi connectivity index (χ4n) is 3.44. The Hall–Kier alpha value is -2.51. The third kappa shape index (κ3) is 7.50. The van der Waals surface area contributed by atoms with Gasteiger partial charge < -0.3 is 20.4 Å². The van der Waals surface area contributed by atoms with Crippen molar-refractivity contribution < 1.29 is 53.0 Å². The predicted molar refractivity (Wildman–Crippen MR) is 122 cm³/mol. The Morgan fingerprint density at radius 1 is 1.03 bits per heavy atom. The number of carboxylic acid groups (broad SMARTS) is 1. The summed E-state index contributed by atoms with van der Waals surface area (Å²) in [5.74, 6) is -1.84. The average Bonchev–Trinajstić information content (AvgIpc) is 2.78. The fraction of sp³-hybridized carbons (Fsp3) is 0.222. The number of halogens is 2. The molecule has 1 atom stereocenters. The van der Waals surface area contributed by atoms with Gasteiger partial charge in [0.1, 0.15) is 24.0 Å². The molecule has 2 N–H and O–H groups in total. The molecule has 3 aromatic rings. The van der Waals surface area contributed by atoms with Gasteiger partial charge in [-0.05, 0) is 52.8 Å². The van der Waals surface area contributed by atoms with Crippen molar-refractivity contribution in [3.63, 3.8) is 0 Å². The summed E-state index contributed by atoms with van der Waals surface area (Å²) in [5.41, 5.74) is 9.50. The molecule has 34 heavy (non-hydrogen) atoms. The van der Waals surface area contributed by atoms with Crippen LogP contribution >= 0.6 is 0 Å². The van der Waals surface area contributed by atoms with Gasteiger partial charge in [-0.25, -0.2) is 8.78 Å². The molecule has 0 heterocycles. The number of aliphatic carboxylic acids is 1. The first-order valence-corrected chi connectivity index (χ1v) is 10.7. The van der Waals surface area contributed by atoms with Crippen molar-refractivity contribution in [2.24, 2.45) is 5.73 Å². The topological polar surface area (TPSA) is 75.4 Å². The van der Waals surface area contributed by atoms with E-state index >= 15 is 0 Å². The standard InChI is InChI=1S/C27H27F2NO3.Na/c1-17(2)19-7-9-20(10-8-19)23(11-12-25(30)27(31)32)24-5-3-4-6-26(24)33-16-18-13-21(28)15-22(29)14-18;/h3-11,13-15,17,25H,12,16,30H2,1-2H3,(H,31,32);/q;+1/p-1/b23-11+;. The number of para-hydroxylation sites is 1. The van der Waals surface area contributed by atoms with E-state index in [0.29, 0.717) is 22.8 Å². The molecule has 0 aromatic heterocycles. The summed E-state index contributed by atoms with van der Waals surface area (Å²) < 4.78 is 33.0. The smallest absolute Gasteiger partial charge is 0.548 e. The van der Waals surface area contributed by atoms with E-state index in [1.807, 2.05) is 36.4 Å². The zero-order valence-corrected chi connectivity index (χ0v) is 21.6. The number of carbonyl (C=O) groups excluding carboxylic acids is 1. The quantitative estimate of drug-likeness (QED) is 0.479. The van der Waals surface area contributed by atoms with Crippen LogP contribution in [0.1, 0.15) is 48.4 Å². The van der Waals surface area contributed by atoms with Crippen LogP contribution < -0.4 is 45.1 Å². The molecule has 0 aliphatic heterocycles. The molecular formula is C27H26F2NNaO3. The van der Waals surface area contributed by atoms with Crippen LogP contribution in [-0.4, -0.2) is 12.0 Å². The van der Waals surface area contributed by atoms with Gasteiger partial charge >= 0.3 is 29.6 Å². The maximum atomic E-state index is 13.5. The normalized spacial score (nSPS) is 12.2. The van der Waals surface area contributed by atoms with Crippen LogP contribution in [0.25, 0.3) is 5.57 Å². The summed E-state index contributed by atoms with van der Waals surface area (Å²) in [6.07, 6.45) is 1.81. The fourth-order valence-corrected chi connectivity index (χ4v) is 3.44. The molecule has 0 aliphatic carbocycles. The molecule has 3 rings (SSSR count). The number of hydrogen-bond acceptors (Lipinski definition) is 4. The van der Waals surface area contributed by atoms with E-state index in [9.17, 15) is 18.7 Å². The van der Waals surface area contributed by atoms with Gasteiger partial charge in [0, 0.05) is 17.7 Å². The molecule has 0 radical (unpaired) electrons. The Morgan fingerprint density at radius 3 is 2.24 bits per heavy atom. The summed E-state index contributed by atoms with van der Waals surface area (Å²) in [4.78, 5) is 11.1. The second-order valence-electron chi connectivity index (χ2n) is 8.12. The number of ether oxygens (including phenoxy) is 1. The molecule has 0 bridgehead atoms. The summed E-state index contributed by atoms with van der Waals surface area (Å²) in [5, 5.41) is 11.1. The van der Waals surface area contributed by atoms with Gasteiger partial charge in [0.15, 0.2) is 0 Å². The second-order valence-corrected chi connectivity index (χ2v) is 8.12. The molecule has 7 heteroatoms. The van der Waals surface area contributed by atoms with Crippen molar-refractivity contribution in [3.05, 3.63) is 107 Å². The van der Waals surface area contributed by atoms with Crippen LogP contribution in [0.15, 0.2) is 72.8 Å². The summed E-state index contributed by atoms with van der Waals surface area (Å²) in [7, 11) is 0. The third-order valence-electron chi connectivity index (χ3n) is 5.26. The summed E-state index contributed by atoms with van der Waals surface area (Å²) in [6, 6.07) is 17.3. The average molecular weight is 473 g/mol. The minimum Gasteiger partial charge on any atom is -0.548 e. The number of nitrogens with two attached hydrogens (primary N) is 1. The summed E-state index contributed by atoms with van der Waals surface area (Å²) in [6.45, 7) is 4.16. The number of carbonyl (C=O) groups is 1. The Morgan fingerprint density at radius 2 is 1.65 bits per heavy atom. The van der Waals surface area contributed by atoms with Gasteiger partial charge in [0.25, 0.3) is 0 Å². The second kappa shape index (κ2) is 12.8. The Balaban J connectivity index is 0.00000408. The molecule has 0 amide bonds. The van der Waals surface area contributed by atoms with Crippen molar-refractivity contribution in [1.82, 2.24) is 0 Å². The molecule has 3 aromatic carbocycles. The number of rotatable bonds is 9. The first kappa shape index (κ1) is 27.7. The largest absolute Gasteiger partial charge is 1.00 e. The summed E-state index contributed by atoms with van der Waals surface area (Å²) >= 11 is 0. The van der Waals surface area contributed by atoms with E-state index in [4.69, 9.17) is 10.5 Å². The van der Waals surface area contributed by atoms with Crippen molar-refractivity contribution in [3.8, 4) is 5.75 Å². The Kier molecular flexibility index (Phi) is 10.5. The van der Waals surface area contributed by atoms with E-state index in [1.54, 1.807) is 18.2 Å². The molecular weight excluding hydrogens is 447 g/mol. The maximum Gasteiger partial charge on any atom is 1.00 e. The molecule has 0 saturated carbocycles. The molecule has 172 valence electrons. The Labute approximate surface area is 220 Å².